The lowest BCUT2D eigenvalue weighted by molar-refractivity contribution is -0.384. The maximum Gasteiger partial charge on any atom is 0.269 e. The quantitative estimate of drug-likeness (QED) is 0.421. The summed E-state index contributed by atoms with van der Waals surface area (Å²) >= 11 is 0. The number of nitrogens with zero attached hydrogens (tertiary/aromatic N) is 1. The zero-order valence-corrected chi connectivity index (χ0v) is 8.06. The van der Waals surface area contributed by atoms with E-state index >= 15 is 0 Å². The summed E-state index contributed by atoms with van der Waals surface area (Å²) in [7, 11) is 0. The van der Waals surface area contributed by atoms with E-state index in [1.807, 2.05) is 19.9 Å². The third kappa shape index (κ3) is 2.58. The maximum absolute atomic E-state index is 10.3. The van der Waals surface area contributed by atoms with E-state index in [4.69, 9.17) is 4.74 Å². The Labute approximate surface area is 82.0 Å². The Morgan fingerprint density at radius 1 is 1.43 bits per heavy atom. The molecule has 0 atom stereocenters. The van der Waals surface area contributed by atoms with Crippen LogP contribution in [0.1, 0.15) is 13.8 Å². The second kappa shape index (κ2) is 4.41. The molecule has 0 saturated heterocycles. The van der Waals surface area contributed by atoms with Gasteiger partial charge in [0, 0.05) is 12.1 Å². The van der Waals surface area contributed by atoms with Crippen LogP contribution in [0, 0.1) is 10.1 Å². The van der Waals surface area contributed by atoms with Crippen molar-refractivity contribution in [3.8, 4) is 5.75 Å². The van der Waals surface area contributed by atoms with Gasteiger partial charge in [-0.3, -0.25) is 10.1 Å². The van der Waals surface area contributed by atoms with Gasteiger partial charge in [0.25, 0.3) is 5.69 Å². The highest BCUT2D eigenvalue weighted by Crippen LogP contribution is 2.18. The Bertz CT molecular complexity index is 354. The smallest absolute Gasteiger partial charge is 0.269 e. The van der Waals surface area contributed by atoms with Crippen molar-refractivity contribution < 1.29 is 9.66 Å². The second-order valence-electron chi connectivity index (χ2n) is 2.75. The van der Waals surface area contributed by atoms with E-state index in [1.54, 1.807) is 12.1 Å². The molecule has 0 fully saturated rings. The molecule has 0 spiro atoms. The first-order chi connectivity index (χ1) is 6.63. The number of allylic oxidation sites excluding steroid dienone is 2. The fourth-order valence-electron chi connectivity index (χ4n) is 0.881. The minimum Gasteiger partial charge on any atom is -0.462 e. The molecule has 1 aromatic carbocycles. The third-order valence-corrected chi connectivity index (χ3v) is 1.73. The van der Waals surface area contributed by atoms with Crippen LogP contribution in [0.4, 0.5) is 5.69 Å². The summed E-state index contributed by atoms with van der Waals surface area (Å²) in [6.45, 7) is 3.68. The molecule has 1 rings (SSSR count). The monoisotopic (exact) mass is 193 g/mol. The van der Waals surface area contributed by atoms with Gasteiger partial charge < -0.3 is 4.74 Å². The van der Waals surface area contributed by atoms with Crippen molar-refractivity contribution in [1.82, 2.24) is 0 Å². The van der Waals surface area contributed by atoms with Crippen LogP contribution in [-0.2, 0) is 0 Å². The van der Waals surface area contributed by atoms with Crippen molar-refractivity contribution >= 4 is 5.69 Å². The van der Waals surface area contributed by atoms with E-state index in [0.717, 1.165) is 5.76 Å². The van der Waals surface area contributed by atoms with Crippen molar-refractivity contribution in [3.63, 3.8) is 0 Å². The van der Waals surface area contributed by atoms with Gasteiger partial charge in [0.05, 0.1) is 10.7 Å². The number of nitro benzene ring substituents is 1. The molecular formula is C10H11NO3. The van der Waals surface area contributed by atoms with Crippen LogP contribution in [-0.4, -0.2) is 4.92 Å². The molecule has 0 N–H and O–H groups in total. The molecule has 0 saturated carbocycles. The maximum atomic E-state index is 10.3. The largest absolute Gasteiger partial charge is 0.462 e. The van der Waals surface area contributed by atoms with Crippen LogP contribution < -0.4 is 4.74 Å². The van der Waals surface area contributed by atoms with Gasteiger partial charge in [-0.1, -0.05) is 0 Å². The standard InChI is InChI=1S/C10H11NO3/c1-3-8(2)14-10-6-4-9(5-7-10)11(12)13/h3-7H,1-2H3. The van der Waals surface area contributed by atoms with Gasteiger partial charge in [-0.2, -0.15) is 0 Å². The number of hydrogen-bond acceptors (Lipinski definition) is 3. The van der Waals surface area contributed by atoms with Gasteiger partial charge in [-0.15, -0.1) is 0 Å². The topological polar surface area (TPSA) is 52.4 Å². The molecule has 4 heteroatoms. The molecule has 0 radical (unpaired) electrons. The fraction of sp³-hybridized carbons (Fsp3) is 0.200. The highest BCUT2D eigenvalue weighted by molar-refractivity contribution is 5.36. The summed E-state index contributed by atoms with van der Waals surface area (Å²) in [6, 6.07) is 5.98. The minimum atomic E-state index is -0.438. The Hall–Kier alpha value is -1.84. The summed E-state index contributed by atoms with van der Waals surface area (Å²) in [4.78, 5) is 9.91. The zero-order chi connectivity index (χ0) is 10.6. The van der Waals surface area contributed by atoms with Crippen LogP contribution in [0.15, 0.2) is 36.1 Å². The molecule has 0 heterocycles. The molecule has 74 valence electrons. The highest BCUT2D eigenvalue weighted by Gasteiger charge is 2.04. The van der Waals surface area contributed by atoms with E-state index in [2.05, 4.69) is 0 Å². The first kappa shape index (κ1) is 10.2. The van der Waals surface area contributed by atoms with E-state index in [0.29, 0.717) is 5.75 Å². The molecule has 0 amide bonds. The number of ether oxygens (including phenoxy) is 1. The lowest BCUT2D eigenvalue weighted by Crippen LogP contribution is -1.91. The molecule has 1 aromatic rings. The van der Waals surface area contributed by atoms with Crippen molar-refractivity contribution in [2.24, 2.45) is 0 Å². The lowest BCUT2D eigenvalue weighted by atomic mass is 10.3. The Kier molecular flexibility index (Phi) is 3.23. The third-order valence-electron chi connectivity index (χ3n) is 1.73. The van der Waals surface area contributed by atoms with E-state index in [9.17, 15) is 10.1 Å². The Morgan fingerprint density at radius 3 is 2.43 bits per heavy atom. The van der Waals surface area contributed by atoms with Gasteiger partial charge in [-0.25, -0.2) is 0 Å². The molecule has 0 aliphatic heterocycles. The summed E-state index contributed by atoms with van der Waals surface area (Å²) in [5.41, 5.74) is 0.0653. The predicted octanol–water partition coefficient (Wildman–Crippen LogP) is 2.90. The Morgan fingerprint density at radius 2 is 2.00 bits per heavy atom. The van der Waals surface area contributed by atoms with Crippen molar-refractivity contribution in [2.75, 3.05) is 0 Å². The van der Waals surface area contributed by atoms with Gasteiger partial charge in [0.1, 0.15) is 5.75 Å². The molecule has 4 nitrogen and oxygen atoms in total. The molecule has 0 unspecified atom stereocenters. The summed E-state index contributed by atoms with van der Waals surface area (Å²) in [6.07, 6.45) is 1.82. The SMILES string of the molecule is CC=C(C)Oc1ccc([N+](=O)[O-])cc1. The molecule has 0 aliphatic carbocycles. The number of benzene rings is 1. The van der Waals surface area contributed by atoms with Crippen LogP contribution in [0.2, 0.25) is 0 Å². The van der Waals surface area contributed by atoms with Crippen LogP contribution >= 0.6 is 0 Å². The van der Waals surface area contributed by atoms with Crippen molar-refractivity contribution in [2.45, 2.75) is 13.8 Å². The van der Waals surface area contributed by atoms with Crippen LogP contribution in [0.3, 0.4) is 0 Å². The van der Waals surface area contributed by atoms with Crippen LogP contribution in [0.25, 0.3) is 0 Å². The highest BCUT2D eigenvalue weighted by atomic mass is 16.6. The first-order valence-electron chi connectivity index (χ1n) is 4.18. The summed E-state index contributed by atoms with van der Waals surface area (Å²) < 4.78 is 5.34. The van der Waals surface area contributed by atoms with E-state index in [1.165, 1.54) is 12.1 Å². The van der Waals surface area contributed by atoms with E-state index < -0.39 is 4.92 Å². The van der Waals surface area contributed by atoms with Crippen molar-refractivity contribution in [3.05, 3.63) is 46.2 Å². The molecule has 0 bridgehead atoms. The number of nitro groups is 1. The average molecular weight is 193 g/mol. The van der Waals surface area contributed by atoms with Gasteiger partial charge >= 0.3 is 0 Å². The fourth-order valence-corrected chi connectivity index (χ4v) is 0.881. The Balaban J connectivity index is 2.79. The zero-order valence-electron chi connectivity index (χ0n) is 8.06. The summed E-state index contributed by atoms with van der Waals surface area (Å²) in [5.74, 6) is 1.37. The normalized spacial score (nSPS) is 11.1. The molecular weight excluding hydrogens is 182 g/mol. The number of rotatable bonds is 3. The van der Waals surface area contributed by atoms with Crippen molar-refractivity contribution in [1.29, 1.82) is 0 Å². The first-order valence-corrected chi connectivity index (χ1v) is 4.18. The average Bonchev–Trinajstić information content (AvgIpc) is 2.18. The molecule has 0 aromatic heterocycles. The van der Waals surface area contributed by atoms with E-state index in [-0.39, 0.29) is 5.69 Å². The lowest BCUT2D eigenvalue weighted by Gasteiger charge is -2.03. The predicted molar refractivity (Wildman–Crippen MR) is 53.2 cm³/mol. The number of non-ortho nitro benzene ring substituents is 1. The molecule has 0 aliphatic rings. The second-order valence-corrected chi connectivity index (χ2v) is 2.75. The van der Waals surface area contributed by atoms with Gasteiger partial charge in [0.2, 0.25) is 0 Å². The molecule has 14 heavy (non-hydrogen) atoms. The van der Waals surface area contributed by atoms with Gasteiger partial charge in [-0.05, 0) is 32.1 Å². The minimum absolute atomic E-state index is 0.0653. The van der Waals surface area contributed by atoms with Gasteiger partial charge in [0.15, 0.2) is 0 Å². The summed E-state index contributed by atoms with van der Waals surface area (Å²) in [5, 5.41) is 10.3. The number of hydrogen-bond donors (Lipinski definition) is 0. The van der Waals surface area contributed by atoms with Crippen LogP contribution in [0.5, 0.6) is 5.75 Å².